The van der Waals surface area contributed by atoms with E-state index in [0.29, 0.717) is 6.42 Å². The van der Waals surface area contributed by atoms with Crippen molar-refractivity contribution in [1.82, 2.24) is 0 Å². The van der Waals surface area contributed by atoms with E-state index in [1.165, 1.54) is 16.9 Å². The molecule has 4 heteroatoms. The second-order valence-electron chi connectivity index (χ2n) is 6.51. The molecule has 0 aliphatic carbocycles. The molecule has 0 saturated heterocycles. The number of thiophene rings is 1. The number of hydrogen-bond acceptors (Lipinski definition) is 3. The Balaban J connectivity index is 1.77. The number of aliphatic carboxylic acids is 1. The van der Waals surface area contributed by atoms with Gasteiger partial charge in [-0.15, -0.1) is 11.3 Å². The number of benzene rings is 2. The Morgan fingerprint density at radius 1 is 1.04 bits per heavy atom. The lowest BCUT2D eigenvalue weighted by Gasteiger charge is -2.14. The molecule has 3 nitrogen and oxygen atoms in total. The summed E-state index contributed by atoms with van der Waals surface area (Å²) < 4.78 is 6.09. The molecule has 0 saturated carbocycles. The average Bonchev–Trinajstić information content (AvgIpc) is 3.15. The highest BCUT2D eigenvalue weighted by molar-refractivity contribution is 7.10. The molecule has 1 heterocycles. The molecular formula is C22H22O3S. The van der Waals surface area contributed by atoms with Crippen LogP contribution in [0.2, 0.25) is 0 Å². The van der Waals surface area contributed by atoms with E-state index in [4.69, 9.17) is 4.74 Å². The molecule has 3 rings (SSSR count). The van der Waals surface area contributed by atoms with Crippen molar-refractivity contribution < 1.29 is 14.6 Å². The number of ether oxygens (including phenoxy) is 1. The van der Waals surface area contributed by atoms with Gasteiger partial charge in [-0.3, -0.25) is 4.79 Å². The molecular weight excluding hydrogens is 344 g/mol. The summed E-state index contributed by atoms with van der Waals surface area (Å²) in [6.45, 7) is 6.17. The predicted octanol–water partition coefficient (Wildman–Crippen LogP) is 5.88. The fourth-order valence-corrected chi connectivity index (χ4v) is 3.75. The van der Waals surface area contributed by atoms with Crippen LogP contribution in [0, 0.1) is 20.8 Å². The van der Waals surface area contributed by atoms with Crippen molar-refractivity contribution in [3.8, 4) is 11.5 Å². The SMILES string of the molecule is Cc1ccc(C)c(Oc2ccc(CC(C(=O)O)c3cccs3)cc2)c1C. The van der Waals surface area contributed by atoms with Gasteiger partial charge in [0.2, 0.25) is 0 Å². The minimum atomic E-state index is -0.793. The zero-order chi connectivity index (χ0) is 18.7. The fraction of sp³-hybridized carbons (Fsp3) is 0.227. The highest BCUT2D eigenvalue weighted by Gasteiger charge is 2.21. The van der Waals surface area contributed by atoms with Gasteiger partial charge < -0.3 is 9.84 Å². The van der Waals surface area contributed by atoms with E-state index in [1.54, 1.807) is 0 Å². The van der Waals surface area contributed by atoms with Gasteiger partial charge in [0.15, 0.2) is 0 Å². The van der Waals surface area contributed by atoms with Crippen molar-refractivity contribution >= 4 is 17.3 Å². The van der Waals surface area contributed by atoms with Crippen LogP contribution in [0.4, 0.5) is 0 Å². The topological polar surface area (TPSA) is 46.5 Å². The van der Waals surface area contributed by atoms with Gasteiger partial charge in [-0.25, -0.2) is 0 Å². The standard InChI is InChI=1S/C22H22O3S/c1-14-6-7-15(2)21(16(14)3)25-18-10-8-17(9-11-18)13-19(22(23)24)20-5-4-12-26-20/h4-12,19H,13H2,1-3H3,(H,23,24). The van der Waals surface area contributed by atoms with E-state index in [1.807, 2.05) is 48.7 Å². The minimum Gasteiger partial charge on any atom is -0.481 e. The zero-order valence-electron chi connectivity index (χ0n) is 15.2. The summed E-state index contributed by atoms with van der Waals surface area (Å²) in [4.78, 5) is 12.5. The van der Waals surface area contributed by atoms with Crippen molar-refractivity contribution in [2.75, 3.05) is 0 Å². The number of aryl methyl sites for hydroxylation is 2. The fourth-order valence-electron chi connectivity index (χ4n) is 2.93. The average molecular weight is 366 g/mol. The largest absolute Gasteiger partial charge is 0.481 e. The first-order chi connectivity index (χ1) is 12.5. The van der Waals surface area contributed by atoms with Gasteiger partial charge in [0.05, 0.1) is 5.92 Å². The van der Waals surface area contributed by atoms with Crippen LogP contribution in [0.25, 0.3) is 0 Å². The first-order valence-electron chi connectivity index (χ1n) is 8.55. The van der Waals surface area contributed by atoms with Gasteiger partial charge in [-0.1, -0.05) is 30.3 Å². The molecule has 0 amide bonds. The quantitative estimate of drug-likeness (QED) is 0.593. The summed E-state index contributed by atoms with van der Waals surface area (Å²) in [5, 5.41) is 11.4. The minimum absolute atomic E-state index is 0.471. The predicted molar refractivity (Wildman–Crippen MR) is 106 cm³/mol. The van der Waals surface area contributed by atoms with Crippen molar-refractivity contribution in [2.45, 2.75) is 33.1 Å². The van der Waals surface area contributed by atoms with E-state index >= 15 is 0 Å². The van der Waals surface area contributed by atoms with Gasteiger partial charge in [-0.2, -0.15) is 0 Å². The number of rotatable bonds is 6. The normalized spacial score (nSPS) is 12.0. The van der Waals surface area contributed by atoms with Crippen LogP contribution in [0.3, 0.4) is 0 Å². The van der Waals surface area contributed by atoms with Gasteiger partial charge >= 0.3 is 5.97 Å². The van der Waals surface area contributed by atoms with Crippen LogP contribution in [0.5, 0.6) is 11.5 Å². The first kappa shape index (κ1) is 18.2. The van der Waals surface area contributed by atoms with E-state index in [-0.39, 0.29) is 0 Å². The third-order valence-electron chi connectivity index (χ3n) is 4.64. The Bertz CT molecular complexity index is 896. The van der Waals surface area contributed by atoms with Crippen LogP contribution in [0.15, 0.2) is 53.9 Å². The molecule has 134 valence electrons. The molecule has 0 aliphatic rings. The van der Waals surface area contributed by atoms with Crippen molar-refractivity contribution in [2.24, 2.45) is 0 Å². The van der Waals surface area contributed by atoms with Crippen molar-refractivity contribution in [3.05, 3.63) is 81.0 Å². The third kappa shape index (κ3) is 3.97. The summed E-state index contributed by atoms with van der Waals surface area (Å²) in [6, 6.07) is 15.6. The smallest absolute Gasteiger partial charge is 0.312 e. The first-order valence-corrected chi connectivity index (χ1v) is 9.43. The second kappa shape index (κ2) is 7.75. The monoisotopic (exact) mass is 366 g/mol. The Labute approximate surface area is 157 Å². The maximum absolute atomic E-state index is 11.6. The molecule has 1 N–H and O–H groups in total. The molecule has 3 aromatic rings. The molecule has 0 radical (unpaired) electrons. The molecule has 0 bridgehead atoms. The highest BCUT2D eigenvalue weighted by Crippen LogP contribution is 2.31. The van der Waals surface area contributed by atoms with Crippen molar-refractivity contribution in [1.29, 1.82) is 0 Å². The van der Waals surface area contributed by atoms with Gasteiger partial charge in [0.1, 0.15) is 11.5 Å². The van der Waals surface area contributed by atoms with Gasteiger partial charge in [0, 0.05) is 4.88 Å². The Kier molecular flexibility index (Phi) is 5.43. The summed E-state index contributed by atoms with van der Waals surface area (Å²) >= 11 is 1.48. The number of carbonyl (C=O) groups is 1. The summed E-state index contributed by atoms with van der Waals surface area (Å²) in [6.07, 6.45) is 0.471. The van der Waals surface area contributed by atoms with Crippen LogP contribution in [0.1, 0.15) is 33.0 Å². The summed E-state index contributed by atoms with van der Waals surface area (Å²) in [5.41, 5.74) is 4.41. The summed E-state index contributed by atoms with van der Waals surface area (Å²) in [7, 11) is 0. The number of carboxylic acid groups (broad SMARTS) is 1. The second-order valence-corrected chi connectivity index (χ2v) is 7.49. The van der Waals surface area contributed by atoms with E-state index in [0.717, 1.165) is 33.1 Å². The molecule has 26 heavy (non-hydrogen) atoms. The number of carboxylic acids is 1. The maximum Gasteiger partial charge on any atom is 0.312 e. The third-order valence-corrected chi connectivity index (χ3v) is 5.63. The molecule has 2 aromatic carbocycles. The van der Waals surface area contributed by atoms with Crippen LogP contribution in [-0.2, 0) is 11.2 Å². The molecule has 0 spiro atoms. The molecule has 1 aromatic heterocycles. The van der Waals surface area contributed by atoms with Gasteiger partial charge in [0.25, 0.3) is 0 Å². The van der Waals surface area contributed by atoms with Crippen LogP contribution < -0.4 is 4.74 Å². The van der Waals surface area contributed by atoms with Crippen molar-refractivity contribution in [3.63, 3.8) is 0 Å². The molecule has 0 fully saturated rings. The molecule has 1 unspecified atom stereocenters. The molecule has 0 aliphatic heterocycles. The van der Waals surface area contributed by atoms with Crippen LogP contribution >= 0.6 is 11.3 Å². The van der Waals surface area contributed by atoms with E-state index < -0.39 is 11.9 Å². The van der Waals surface area contributed by atoms with Gasteiger partial charge in [-0.05, 0) is 73.0 Å². The maximum atomic E-state index is 11.6. The number of hydrogen-bond donors (Lipinski definition) is 1. The van der Waals surface area contributed by atoms with Crippen LogP contribution in [-0.4, -0.2) is 11.1 Å². The van der Waals surface area contributed by atoms with E-state index in [9.17, 15) is 9.90 Å². The Morgan fingerprint density at radius 3 is 2.35 bits per heavy atom. The Morgan fingerprint density at radius 2 is 1.73 bits per heavy atom. The Hall–Kier alpha value is -2.59. The summed E-state index contributed by atoms with van der Waals surface area (Å²) in [5.74, 6) is 0.343. The zero-order valence-corrected chi connectivity index (χ0v) is 16.0. The van der Waals surface area contributed by atoms with E-state index in [2.05, 4.69) is 26.0 Å². The lowest BCUT2D eigenvalue weighted by atomic mass is 9.98. The lowest BCUT2D eigenvalue weighted by Crippen LogP contribution is -2.13. The molecule has 1 atom stereocenters. The lowest BCUT2D eigenvalue weighted by molar-refractivity contribution is -0.138. The highest BCUT2D eigenvalue weighted by atomic mass is 32.1.